The molecule has 8 heteroatoms. The number of aromatic nitrogens is 3. The number of aliphatic carboxylic acids is 1. The lowest BCUT2D eigenvalue weighted by Gasteiger charge is -2.08. The summed E-state index contributed by atoms with van der Waals surface area (Å²) in [6, 6.07) is 8.64. The number of carbonyl (C=O) groups excluding carboxylic acids is 1. The lowest BCUT2D eigenvalue weighted by Crippen LogP contribution is -2.08. The molecule has 2 heterocycles. The lowest BCUT2D eigenvalue weighted by atomic mass is 10.0. The number of carbonyl (C=O) groups is 2. The van der Waals surface area contributed by atoms with Crippen LogP contribution >= 0.6 is 15.9 Å². The SMILES string of the molecule is COc1cc2nn(CC(=O)O)cc2cc1CC(=O)c1cccc(Br)n1. The molecular weight excluding hydrogens is 390 g/mol. The van der Waals surface area contributed by atoms with E-state index in [4.69, 9.17) is 9.84 Å². The van der Waals surface area contributed by atoms with Gasteiger partial charge in [0.15, 0.2) is 5.78 Å². The fraction of sp³-hybridized carbons (Fsp3) is 0.176. The molecule has 0 fully saturated rings. The Morgan fingerprint density at radius 1 is 1.32 bits per heavy atom. The zero-order valence-corrected chi connectivity index (χ0v) is 14.9. The van der Waals surface area contributed by atoms with Crippen LogP contribution < -0.4 is 4.74 Å². The smallest absolute Gasteiger partial charge is 0.325 e. The van der Waals surface area contributed by atoms with Gasteiger partial charge in [-0.05, 0) is 34.1 Å². The van der Waals surface area contributed by atoms with Crippen LogP contribution in [0.3, 0.4) is 0 Å². The second kappa shape index (κ2) is 7.02. The van der Waals surface area contributed by atoms with E-state index in [9.17, 15) is 9.59 Å². The predicted molar refractivity (Wildman–Crippen MR) is 93.9 cm³/mol. The van der Waals surface area contributed by atoms with E-state index >= 15 is 0 Å². The molecule has 3 aromatic rings. The highest BCUT2D eigenvalue weighted by Crippen LogP contribution is 2.26. The number of methoxy groups -OCH3 is 1. The van der Waals surface area contributed by atoms with Crippen LogP contribution in [0.25, 0.3) is 10.9 Å². The molecule has 1 aromatic carbocycles. The quantitative estimate of drug-likeness (QED) is 0.502. The van der Waals surface area contributed by atoms with Crippen molar-refractivity contribution in [1.29, 1.82) is 0 Å². The summed E-state index contributed by atoms with van der Waals surface area (Å²) in [6.07, 6.45) is 1.75. The topological polar surface area (TPSA) is 94.3 Å². The number of rotatable bonds is 6. The van der Waals surface area contributed by atoms with Crippen LogP contribution in [-0.4, -0.2) is 38.7 Å². The van der Waals surface area contributed by atoms with Crippen molar-refractivity contribution in [2.24, 2.45) is 0 Å². The van der Waals surface area contributed by atoms with Crippen molar-refractivity contribution in [1.82, 2.24) is 14.8 Å². The zero-order valence-electron chi connectivity index (χ0n) is 13.3. The number of Topliss-reactive ketones (excluding diaryl/α,β-unsaturated/α-hetero) is 1. The average Bonchev–Trinajstić information content (AvgIpc) is 2.94. The van der Waals surface area contributed by atoms with Crippen molar-refractivity contribution in [3.05, 3.63) is 52.4 Å². The molecule has 128 valence electrons. The first-order valence-electron chi connectivity index (χ1n) is 7.38. The number of benzene rings is 1. The number of hydrogen-bond acceptors (Lipinski definition) is 5. The molecule has 0 aliphatic rings. The molecular formula is C17H14BrN3O4. The number of hydrogen-bond donors (Lipinski definition) is 1. The monoisotopic (exact) mass is 403 g/mol. The average molecular weight is 404 g/mol. The normalized spacial score (nSPS) is 10.8. The number of carboxylic acid groups (broad SMARTS) is 1. The largest absolute Gasteiger partial charge is 0.496 e. The molecule has 0 atom stereocenters. The van der Waals surface area contributed by atoms with Crippen LogP contribution in [0.1, 0.15) is 16.1 Å². The van der Waals surface area contributed by atoms with Gasteiger partial charge in [-0.1, -0.05) is 6.07 Å². The third-order valence-corrected chi connectivity index (χ3v) is 4.04. The molecule has 0 aliphatic heterocycles. The van der Waals surface area contributed by atoms with Gasteiger partial charge in [0.05, 0.1) is 12.6 Å². The number of fused-ring (bicyclic) bond motifs is 1. The molecule has 0 unspecified atom stereocenters. The first kappa shape index (κ1) is 17.1. The van der Waals surface area contributed by atoms with Crippen molar-refractivity contribution < 1.29 is 19.4 Å². The molecule has 0 amide bonds. The van der Waals surface area contributed by atoms with Crippen molar-refractivity contribution in [3.63, 3.8) is 0 Å². The molecule has 0 bridgehead atoms. The van der Waals surface area contributed by atoms with Gasteiger partial charge >= 0.3 is 5.97 Å². The molecule has 3 rings (SSSR count). The van der Waals surface area contributed by atoms with Gasteiger partial charge in [0.1, 0.15) is 22.6 Å². The highest BCUT2D eigenvalue weighted by molar-refractivity contribution is 9.10. The van der Waals surface area contributed by atoms with E-state index in [1.54, 1.807) is 36.5 Å². The Hall–Kier alpha value is -2.74. The molecule has 0 saturated heterocycles. The van der Waals surface area contributed by atoms with Crippen molar-refractivity contribution in [2.75, 3.05) is 7.11 Å². The van der Waals surface area contributed by atoms with Gasteiger partial charge in [-0.3, -0.25) is 14.3 Å². The summed E-state index contributed by atoms with van der Waals surface area (Å²) >= 11 is 3.25. The number of ketones is 1. The highest BCUT2D eigenvalue weighted by atomic mass is 79.9. The summed E-state index contributed by atoms with van der Waals surface area (Å²) in [6.45, 7) is -0.229. The maximum absolute atomic E-state index is 12.5. The molecule has 2 aromatic heterocycles. The van der Waals surface area contributed by atoms with Gasteiger partial charge in [0, 0.05) is 29.6 Å². The maximum atomic E-state index is 12.5. The number of halogens is 1. The van der Waals surface area contributed by atoms with Crippen molar-refractivity contribution in [2.45, 2.75) is 13.0 Å². The summed E-state index contributed by atoms with van der Waals surface area (Å²) in [7, 11) is 1.51. The molecule has 7 nitrogen and oxygen atoms in total. The van der Waals surface area contributed by atoms with E-state index < -0.39 is 5.97 Å². The van der Waals surface area contributed by atoms with Gasteiger partial charge in [-0.25, -0.2) is 4.98 Å². The van der Waals surface area contributed by atoms with Gasteiger partial charge in [0.25, 0.3) is 0 Å². The first-order valence-corrected chi connectivity index (χ1v) is 8.17. The van der Waals surface area contributed by atoms with E-state index in [1.165, 1.54) is 11.8 Å². The zero-order chi connectivity index (χ0) is 18.0. The summed E-state index contributed by atoms with van der Waals surface area (Å²) in [5.74, 6) is -0.593. The molecule has 0 aliphatic carbocycles. The van der Waals surface area contributed by atoms with E-state index in [1.807, 2.05) is 0 Å². The minimum atomic E-state index is -0.976. The van der Waals surface area contributed by atoms with E-state index in [-0.39, 0.29) is 18.7 Å². The maximum Gasteiger partial charge on any atom is 0.325 e. The standard InChI is InChI=1S/C17H14BrN3O4/c1-25-15-7-13-11(8-21(20-13)9-17(23)24)5-10(15)6-14(22)12-3-2-4-16(18)19-12/h2-5,7-8H,6,9H2,1H3,(H,23,24). The summed E-state index contributed by atoms with van der Waals surface area (Å²) in [5.41, 5.74) is 1.66. The number of ether oxygens (including phenoxy) is 1. The van der Waals surface area contributed by atoms with E-state index in [0.29, 0.717) is 27.1 Å². The van der Waals surface area contributed by atoms with Gasteiger partial charge in [0.2, 0.25) is 0 Å². The highest BCUT2D eigenvalue weighted by Gasteiger charge is 2.15. The summed E-state index contributed by atoms with van der Waals surface area (Å²) in [4.78, 5) is 27.5. The number of carboxylic acids is 1. The third-order valence-electron chi connectivity index (χ3n) is 3.60. The molecule has 0 saturated carbocycles. The lowest BCUT2D eigenvalue weighted by molar-refractivity contribution is -0.137. The minimum absolute atomic E-state index is 0.118. The first-order chi connectivity index (χ1) is 12.0. The van der Waals surface area contributed by atoms with Crippen LogP contribution in [0.5, 0.6) is 5.75 Å². The Morgan fingerprint density at radius 2 is 2.12 bits per heavy atom. The third kappa shape index (κ3) is 3.85. The number of pyridine rings is 1. The van der Waals surface area contributed by atoms with Gasteiger partial charge in [-0.2, -0.15) is 5.10 Å². The van der Waals surface area contributed by atoms with Crippen LogP contribution in [0.4, 0.5) is 0 Å². The summed E-state index contributed by atoms with van der Waals surface area (Å²) in [5, 5.41) is 13.8. The predicted octanol–water partition coefficient (Wildman–Crippen LogP) is 2.71. The Bertz CT molecular complexity index is 968. The van der Waals surface area contributed by atoms with E-state index in [2.05, 4.69) is 26.0 Å². The Labute approximate surface area is 151 Å². The van der Waals surface area contributed by atoms with Crippen LogP contribution in [0.15, 0.2) is 41.1 Å². The van der Waals surface area contributed by atoms with Crippen LogP contribution in [-0.2, 0) is 17.8 Å². The second-order valence-electron chi connectivity index (χ2n) is 5.39. The Kier molecular flexibility index (Phi) is 4.80. The minimum Gasteiger partial charge on any atom is -0.496 e. The van der Waals surface area contributed by atoms with Crippen LogP contribution in [0.2, 0.25) is 0 Å². The van der Waals surface area contributed by atoms with E-state index in [0.717, 1.165) is 5.39 Å². The Balaban J connectivity index is 1.94. The fourth-order valence-electron chi connectivity index (χ4n) is 2.53. The fourth-order valence-corrected chi connectivity index (χ4v) is 2.87. The second-order valence-corrected chi connectivity index (χ2v) is 6.20. The van der Waals surface area contributed by atoms with Crippen molar-refractivity contribution in [3.8, 4) is 5.75 Å². The molecule has 0 radical (unpaired) electrons. The van der Waals surface area contributed by atoms with Crippen molar-refractivity contribution >= 4 is 38.6 Å². The van der Waals surface area contributed by atoms with Gasteiger partial charge in [-0.15, -0.1) is 0 Å². The van der Waals surface area contributed by atoms with Gasteiger partial charge < -0.3 is 9.84 Å². The number of nitrogens with zero attached hydrogens (tertiary/aromatic N) is 3. The Morgan fingerprint density at radius 3 is 2.80 bits per heavy atom. The molecule has 0 spiro atoms. The summed E-state index contributed by atoms with van der Waals surface area (Å²) < 4.78 is 7.29. The van der Waals surface area contributed by atoms with Crippen LogP contribution in [0, 0.1) is 0 Å². The molecule has 1 N–H and O–H groups in total. The molecule has 25 heavy (non-hydrogen) atoms.